The van der Waals surface area contributed by atoms with E-state index in [1.165, 1.54) is 5.56 Å². The molecular weight excluding hydrogens is 314 g/mol. The molecule has 2 aromatic heterocycles. The van der Waals surface area contributed by atoms with Gasteiger partial charge in [0.1, 0.15) is 0 Å². The average Bonchev–Trinajstić information content (AvgIpc) is 3.34. The van der Waals surface area contributed by atoms with Crippen molar-refractivity contribution in [2.24, 2.45) is 0 Å². The zero-order valence-electron chi connectivity index (χ0n) is 14.0. The highest BCUT2D eigenvalue weighted by Gasteiger charge is 2.26. The lowest BCUT2D eigenvalue weighted by Crippen LogP contribution is -2.39. The van der Waals surface area contributed by atoms with E-state index < -0.39 is 0 Å². The molecule has 0 saturated carbocycles. The minimum absolute atomic E-state index is 0.0588. The Morgan fingerprint density at radius 1 is 1.24 bits per heavy atom. The highest BCUT2D eigenvalue weighted by Crippen LogP contribution is 2.26. The van der Waals surface area contributed by atoms with Crippen LogP contribution in [0.4, 0.5) is 0 Å². The topological polar surface area (TPSA) is 66.8 Å². The normalized spacial score (nSPS) is 17.6. The van der Waals surface area contributed by atoms with Gasteiger partial charge in [-0.1, -0.05) is 30.3 Å². The predicted molar refractivity (Wildman–Crippen MR) is 94.2 cm³/mol. The molecule has 0 radical (unpaired) electrons. The first-order valence-electron chi connectivity index (χ1n) is 8.64. The molecule has 1 amide bonds. The molecule has 0 aliphatic carbocycles. The molecule has 128 valence electrons. The molecule has 4 rings (SSSR count). The summed E-state index contributed by atoms with van der Waals surface area (Å²) in [6.45, 7) is 2.20. The van der Waals surface area contributed by atoms with E-state index in [9.17, 15) is 4.79 Å². The van der Waals surface area contributed by atoms with E-state index in [1.54, 1.807) is 12.4 Å². The van der Waals surface area contributed by atoms with Crippen LogP contribution in [0.15, 0.2) is 55.0 Å². The predicted octanol–water partition coefficient (Wildman–Crippen LogP) is 2.67. The number of nitrogens with one attached hydrogen (secondary N) is 1. The summed E-state index contributed by atoms with van der Waals surface area (Å²) in [7, 11) is 0. The van der Waals surface area contributed by atoms with Crippen molar-refractivity contribution in [2.45, 2.75) is 25.3 Å². The Hall–Kier alpha value is -2.89. The first-order valence-corrected chi connectivity index (χ1v) is 8.64. The monoisotopic (exact) mass is 335 g/mol. The van der Waals surface area contributed by atoms with Crippen molar-refractivity contribution in [2.75, 3.05) is 13.1 Å². The Labute approximate surface area is 146 Å². The molecule has 3 heterocycles. The number of rotatable bonds is 4. The van der Waals surface area contributed by atoms with E-state index in [-0.39, 0.29) is 5.91 Å². The van der Waals surface area contributed by atoms with Crippen LogP contribution in [0.1, 0.15) is 40.4 Å². The second kappa shape index (κ2) is 6.93. The van der Waals surface area contributed by atoms with Crippen molar-refractivity contribution >= 4 is 5.91 Å². The van der Waals surface area contributed by atoms with Crippen LogP contribution >= 0.6 is 0 Å². The van der Waals surface area contributed by atoms with Crippen molar-refractivity contribution in [3.63, 3.8) is 0 Å². The first kappa shape index (κ1) is 15.6. The lowest BCUT2D eigenvalue weighted by molar-refractivity contribution is 0.0705. The fraction of sp³-hybridized carbons (Fsp3) is 0.316. The summed E-state index contributed by atoms with van der Waals surface area (Å²) in [6, 6.07) is 12.1. The highest BCUT2D eigenvalue weighted by atomic mass is 16.2. The van der Waals surface area contributed by atoms with Crippen molar-refractivity contribution in [3.05, 3.63) is 71.8 Å². The van der Waals surface area contributed by atoms with Gasteiger partial charge in [-0.15, -0.1) is 0 Å². The molecule has 1 unspecified atom stereocenters. The number of H-pyrrole nitrogens is 1. The number of aromatic amines is 1. The number of aromatic nitrogens is 4. The zero-order valence-corrected chi connectivity index (χ0v) is 14.0. The minimum Gasteiger partial charge on any atom is -0.338 e. The first-order chi connectivity index (χ1) is 12.3. The average molecular weight is 335 g/mol. The van der Waals surface area contributed by atoms with Crippen molar-refractivity contribution in [3.8, 4) is 0 Å². The van der Waals surface area contributed by atoms with Gasteiger partial charge in [-0.25, -0.2) is 0 Å². The second-order valence-corrected chi connectivity index (χ2v) is 6.51. The Bertz CT molecular complexity index is 825. The summed E-state index contributed by atoms with van der Waals surface area (Å²) < 4.78 is 1.82. The highest BCUT2D eigenvalue weighted by molar-refractivity contribution is 5.93. The fourth-order valence-electron chi connectivity index (χ4n) is 3.42. The molecule has 25 heavy (non-hydrogen) atoms. The molecule has 6 heteroatoms. The molecule has 1 N–H and O–H groups in total. The van der Waals surface area contributed by atoms with Gasteiger partial charge in [0.25, 0.3) is 5.91 Å². The van der Waals surface area contributed by atoms with E-state index in [0.717, 1.165) is 31.6 Å². The van der Waals surface area contributed by atoms with Gasteiger partial charge in [-0.2, -0.15) is 10.2 Å². The number of piperidine rings is 1. The lowest BCUT2D eigenvalue weighted by Gasteiger charge is -2.32. The van der Waals surface area contributed by atoms with Gasteiger partial charge in [-0.3, -0.25) is 14.6 Å². The number of hydrogen-bond acceptors (Lipinski definition) is 3. The quantitative estimate of drug-likeness (QED) is 0.797. The number of carbonyl (C=O) groups excluding carboxylic acids is 1. The number of amides is 1. The zero-order chi connectivity index (χ0) is 17.1. The van der Waals surface area contributed by atoms with Gasteiger partial charge < -0.3 is 4.90 Å². The fourth-order valence-corrected chi connectivity index (χ4v) is 3.42. The molecular formula is C19H21N5O. The Morgan fingerprint density at radius 2 is 2.12 bits per heavy atom. The SMILES string of the molecule is O=C(c1cnn(Cc2ccccc2)c1)N1CCCC(c2ccn[nH]2)C1. The molecule has 1 atom stereocenters. The van der Waals surface area contributed by atoms with Gasteiger partial charge in [0.15, 0.2) is 0 Å². The van der Waals surface area contributed by atoms with Crippen LogP contribution in [0, 0.1) is 0 Å². The summed E-state index contributed by atoms with van der Waals surface area (Å²) in [6.07, 6.45) is 7.37. The molecule has 0 bridgehead atoms. The van der Waals surface area contributed by atoms with Crippen LogP contribution in [0.25, 0.3) is 0 Å². The van der Waals surface area contributed by atoms with E-state index in [2.05, 4.69) is 27.4 Å². The summed E-state index contributed by atoms with van der Waals surface area (Å²) in [5.74, 6) is 0.392. The van der Waals surface area contributed by atoms with Crippen LogP contribution in [0.2, 0.25) is 0 Å². The number of nitrogens with zero attached hydrogens (tertiary/aromatic N) is 4. The molecule has 1 fully saturated rings. The molecule has 1 aromatic carbocycles. The van der Waals surface area contributed by atoms with Gasteiger partial charge in [0.05, 0.1) is 18.3 Å². The second-order valence-electron chi connectivity index (χ2n) is 6.51. The smallest absolute Gasteiger partial charge is 0.257 e. The Morgan fingerprint density at radius 3 is 2.92 bits per heavy atom. The number of benzene rings is 1. The minimum atomic E-state index is 0.0588. The van der Waals surface area contributed by atoms with Crippen LogP contribution < -0.4 is 0 Å². The van der Waals surface area contributed by atoms with E-state index in [0.29, 0.717) is 18.0 Å². The molecule has 1 aliphatic heterocycles. The molecule has 6 nitrogen and oxygen atoms in total. The third-order valence-electron chi connectivity index (χ3n) is 4.74. The number of likely N-dealkylation sites (tertiary alicyclic amines) is 1. The summed E-state index contributed by atoms with van der Waals surface area (Å²) in [5, 5.41) is 11.4. The van der Waals surface area contributed by atoms with E-state index >= 15 is 0 Å². The standard InChI is InChI=1S/C19H21N5O/c25-19(23-10-4-7-16(13-23)18-8-9-20-22-18)17-11-21-24(14-17)12-15-5-2-1-3-6-15/h1-3,5-6,8-9,11,14,16H,4,7,10,12-13H2,(H,20,22). The summed E-state index contributed by atoms with van der Waals surface area (Å²) in [5.41, 5.74) is 2.93. The van der Waals surface area contributed by atoms with Crippen molar-refractivity contribution < 1.29 is 4.79 Å². The van der Waals surface area contributed by atoms with Crippen LogP contribution in [-0.2, 0) is 6.54 Å². The lowest BCUT2D eigenvalue weighted by atomic mass is 9.94. The molecule has 0 spiro atoms. The van der Waals surface area contributed by atoms with Crippen molar-refractivity contribution in [1.29, 1.82) is 0 Å². The Balaban J connectivity index is 1.44. The van der Waals surface area contributed by atoms with Gasteiger partial charge in [0, 0.05) is 37.1 Å². The maximum absolute atomic E-state index is 12.8. The van der Waals surface area contributed by atoms with E-state index in [1.807, 2.05) is 40.0 Å². The summed E-state index contributed by atoms with van der Waals surface area (Å²) in [4.78, 5) is 14.8. The van der Waals surface area contributed by atoms with Gasteiger partial charge >= 0.3 is 0 Å². The summed E-state index contributed by atoms with van der Waals surface area (Å²) >= 11 is 0. The molecule has 1 saturated heterocycles. The van der Waals surface area contributed by atoms with Crippen LogP contribution in [-0.4, -0.2) is 43.9 Å². The number of hydrogen-bond donors (Lipinski definition) is 1. The van der Waals surface area contributed by atoms with Crippen LogP contribution in [0.3, 0.4) is 0 Å². The maximum Gasteiger partial charge on any atom is 0.257 e. The van der Waals surface area contributed by atoms with E-state index in [4.69, 9.17) is 0 Å². The molecule has 3 aromatic rings. The number of carbonyl (C=O) groups is 1. The Kier molecular flexibility index (Phi) is 4.33. The van der Waals surface area contributed by atoms with Gasteiger partial charge in [-0.05, 0) is 24.5 Å². The van der Waals surface area contributed by atoms with Crippen molar-refractivity contribution in [1.82, 2.24) is 24.9 Å². The third kappa shape index (κ3) is 3.47. The van der Waals surface area contributed by atoms with Crippen LogP contribution in [0.5, 0.6) is 0 Å². The maximum atomic E-state index is 12.8. The largest absolute Gasteiger partial charge is 0.338 e. The third-order valence-corrected chi connectivity index (χ3v) is 4.74. The van der Waals surface area contributed by atoms with Gasteiger partial charge in [0.2, 0.25) is 0 Å². The molecule has 1 aliphatic rings.